The predicted molar refractivity (Wildman–Crippen MR) is 102 cm³/mol. The van der Waals surface area contributed by atoms with Gasteiger partial charge in [-0.05, 0) is 32.3 Å². The smallest absolute Gasteiger partial charge is 0.179 e. The summed E-state index contributed by atoms with van der Waals surface area (Å²) in [6.45, 7) is 3.64. The molecule has 0 amide bonds. The van der Waals surface area contributed by atoms with Crippen molar-refractivity contribution < 1.29 is 4.74 Å². The van der Waals surface area contributed by atoms with Crippen molar-refractivity contribution in [2.75, 3.05) is 20.2 Å². The fraction of sp³-hybridized carbons (Fsp3) is 0.400. The first kappa shape index (κ1) is 17.9. The van der Waals surface area contributed by atoms with Crippen molar-refractivity contribution in [3.63, 3.8) is 0 Å². The van der Waals surface area contributed by atoms with Crippen LogP contribution in [0.1, 0.15) is 36.6 Å². The minimum Gasteiger partial charge on any atom is -0.494 e. The van der Waals surface area contributed by atoms with Crippen LogP contribution in [0.4, 0.5) is 0 Å². The average molecular weight is 375 g/mol. The van der Waals surface area contributed by atoms with E-state index < -0.39 is 0 Å². The second kappa shape index (κ2) is 7.24. The molecule has 3 aromatic rings. The maximum atomic E-state index is 9.29. The van der Waals surface area contributed by atoms with Crippen molar-refractivity contribution in [1.82, 2.24) is 24.3 Å². The van der Waals surface area contributed by atoms with Crippen LogP contribution in [0.5, 0.6) is 5.75 Å². The van der Waals surface area contributed by atoms with E-state index in [9.17, 15) is 5.26 Å². The molecule has 1 aliphatic heterocycles. The molecule has 0 bridgehead atoms. The van der Waals surface area contributed by atoms with Crippen LogP contribution in [0, 0.1) is 29.7 Å². The number of rotatable bonds is 3. The topological polar surface area (TPSA) is 95.2 Å². The summed E-state index contributed by atoms with van der Waals surface area (Å²) in [6, 6.07) is 4.36. The van der Waals surface area contributed by atoms with Crippen LogP contribution in [0.15, 0.2) is 24.7 Å². The van der Waals surface area contributed by atoms with Gasteiger partial charge in [-0.2, -0.15) is 20.7 Å². The molecule has 0 aliphatic carbocycles. The van der Waals surface area contributed by atoms with Crippen LogP contribution < -0.4 is 4.74 Å². The molecule has 142 valence electrons. The van der Waals surface area contributed by atoms with Gasteiger partial charge in [0.25, 0.3) is 0 Å². The van der Waals surface area contributed by atoms with Gasteiger partial charge in [0.2, 0.25) is 0 Å². The van der Waals surface area contributed by atoms with Crippen molar-refractivity contribution in [1.29, 1.82) is 10.5 Å². The summed E-state index contributed by atoms with van der Waals surface area (Å²) in [5.41, 5.74) is 4.17. The predicted octanol–water partition coefficient (Wildman–Crippen LogP) is 2.89. The summed E-state index contributed by atoms with van der Waals surface area (Å²) in [5, 5.41) is 27.4. The van der Waals surface area contributed by atoms with Crippen LogP contribution >= 0.6 is 0 Å². The molecule has 8 heteroatoms. The second-order valence-corrected chi connectivity index (χ2v) is 7.02. The number of fused-ring (bicyclic) bond motifs is 1. The van der Waals surface area contributed by atoms with Crippen molar-refractivity contribution in [3.8, 4) is 29.1 Å². The van der Waals surface area contributed by atoms with Crippen LogP contribution in [0.2, 0.25) is 0 Å². The summed E-state index contributed by atoms with van der Waals surface area (Å²) in [6.07, 6.45) is 10.5. The molecule has 0 spiro atoms. The van der Waals surface area contributed by atoms with Crippen molar-refractivity contribution in [2.45, 2.75) is 32.2 Å². The molecule has 1 saturated heterocycles. The van der Waals surface area contributed by atoms with Gasteiger partial charge in [-0.3, -0.25) is 4.68 Å². The monoisotopic (exact) mass is 375 g/mol. The van der Waals surface area contributed by atoms with E-state index >= 15 is 0 Å². The quantitative estimate of drug-likeness (QED) is 0.653. The molecule has 1 fully saturated rings. The summed E-state index contributed by atoms with van der Waals surface area (Å²) in [4.78, 5) is 1.82. The Kier molecular flexibility index (Phi) is 4.62. The van der Waals surface area contributed by atoms with Gasteiger partial charge in [0.15, 0.2) is 6.19 Å². The van der Waals surface area contributed by atoms with Crippen molar-refractivity contribution in [2.24, 2.45) is 0 Å². The second-order valence-electron chi connectivity index (χ2n) is 7.02. The number of likely N-dealkylation sites (tertiary alicyclic amines) is 1. The molecule has 0 radical (unpaired) electrons. The lowest BCUT2D eigenvalue weighted by Gasteiger charge is -2.17. The van der Waals surface area contributed by atoms with Gasteiger partial charge in [0.05, 0.1) is 25.5 Å². The molecular formula is C20H21N7O. The molecule has 1 aliphatic rings. The van der Waals surface area contributed by atoms with Crippen LogP contribution in [-0.2, 0) is 0 Å². The molecule has 0 unspecified atom stereocenters. The lowest BCUT2D eigenvalue weighted by Crippen LogP contribution is -2.19. The zero-order valence-corrected chi connectivity index (χ0v) is 16.0. The van der Waals surface area contributed by atoms with Gasteiger partial charge in [-0.25, -0.2) is 4.52 Å². The number of aromatic nitrogens is 4. The highest BCUT2D eigenvalue weighted by Gasteiger charge is 2.22. The van der Waals surface area contributed by atoms with E-state index in [4.69, 9.17) is 10.00 Å². The largest absolute Gasteiger partial charge is 0.494 e. The first-order valence-electron chi connectivity index (χ1n) is 9.31. The van der Waals surface area contributed by atoms with E-state index in [1.54, 1.807) is 17.8 Å². The Bertz CT molecular complexity index is 1100. The van der Waals surface area contributed by atoms with Gasteiger partial charge < -0.3 is 9.64 Å². The van der Waals surface area contributed by atoms with Gasteiger partial charge in [-0.15, -0.1) is 0 Å². The Morgan fingerprint density at radius 1 is 1.18 bits per heavy atom. The number of methoxy groups -OCH3 is 1. The molecule has 0 aromatic carbocycles. The standard InChI is InChI=1S/C20H21N7O/c1-14-18(11-24-27(14)17-4-3-6-25(13-22)7-5-17)15-8-19(28-2)20-16(9-21)10-23-26(20)12-15/h8,10-12,17H,3-7H2,1-2H3/t17-/m1/s1. The molecule has 0 saturated carbocycles. The van der Waals surface area contributed by atoms with E-state index in [0.717, 1.165) is 49.2 Å². The van der Waals surface area contributed by atoms with E-state index in [0.29, 0.717) is 16.8 Å². The Balaban J connectivity index is 1.72. The Hall–Kier alpha value is -3.52. The minimum atomic E-state index is 0.285. The number of nitriles is 2. The third-order valence-corrected chi connectivity index (χ3v) is 5.46. The molecule has 4 rings (SSSR count). The van der Waals surface area contributed by atoms with E-state index in [1.807, 2.05) is 23.4 Å². The zero-order chi connectivity index (χ0) is 19.7. The Labute approximate surface area is 163 Å². The van der Waals surface area contributed by atoms with Crippen LogP contribution in [-0.4, -0.2) is 44.5 Å². The van der Waals surface area contributed by atoms with Gasteiger partial charge in [0.1, 0.15) is 22.9 Å². The molecule has 0 N–H and O–H groups in total. The third kappa shape index (κ3) is 2.93. The molecule has 4 heterocycles. The van der Waals surface area contributed by atoms with Crippen LogP contribution in [0.3, 0.4) is 0 Å². The molecule has 8 nitrogen and oxygen atoms in total. The fourth-order valence-electron chi connectivity index (χ4n) is 3.97. The summed E-state index contributed by atoms with van der Waals surface area (Å²) in [7, 11) is 1.59. The third-order valence-electron chi connectivity index (χ3n) is 5.46. The van der Waals surface area contributed by atoms with Crippen molar-refractivity contribution >= 4 is 5.52 Å². The van der Waals surface area contributed by atoms with Crippen molar-refractivity contribution in [3.05, 3.63) is 35.9 Å². The van der Waals surface area contributed by atoms with E-state index in [1.165, 1.54) is 0 Å². The summed E-state index contributed by atoms with van der Waals surface area (Å²) < 4.78 is 9.28. The number of hydrogen-bond donors (Lipinski definition) is 0. The molecule has 3 aromatic heterocycles. The first-order valence-corrected chi connectivity index (χ1v) is 9.31. The maximum absolute atomic E-state index is 9.29. The summed E-state index contributed by atoms with van der Waals surface area (Å²) in [5.74, 6) is 0.609. The Morgan fingerprint density at radius 3 is 2.79 bits per heavy atom. The number of nitrogens with zero attached hydrogens (tertiary/aromatic N) is 7. The number of pyridine rings is 1. The van der Waals surface area contributed by atoms with Gasteiger partial charge in [-0.1, -0.05) is 0 Å². The molecular weight excluding hydrogens is 354 g/mol. The van der Waals surface area contributed by atoms with E-state index in [2.05, 4.69) is 34.1 Å². The fourth-order valence-corrected chi connectivity index (χ4v) is 3.97. The lowest BCUT2D eigenvalue weighted by molar-refractivity contribution is 0.376. The molecule has 1 atom stereocenters. The minimum absolute atomic E-state index is 0.285. The SMILES string of the molecule is COc1cc(-c2cnn([C@@H]3CCCN(C#N)CC3)c2C)cn2ncc(C#N)c12. The molecule has 28 heavy (non-hydrogen) atoms. The highest BCUT2D eigenvalue weighted by molar-refractivity contribution is 5.75. The van der Waals surface area contributed by atoms with Gasteiger partial charge >= 0.3 is 0 Å². The first-order chi connectivity index (χ1) is 13.7. The van der Waals surface area contributed by atoms with Gasteiger partial charge in [0, 0.05) is 36.1 Å². The maximum Gasteiger partial charge on any atom is 0.179 e. The highest BCUT2D eigenvalue weighted by atomic mass is 16.5. The zero-order valence-electron chi connectivity index (χ0n) is 16.0. The lowest BCUT2D eigenvalue weighted by atomic mass is 10.1. The Morgan fingerprint density at radius 2 is 2.04 bits per heavy atom. The highest BCUT2D eigenvalue weighted by Crippen LogP contribution is 2.33. The van der Waals surface area contributed by atoms with Crippen LogP contribution in [0.25, 0.3) is 16.6 Å². The average Bonchev–Trinajstić information content (AvgIpc) is 3.22. The van der Waals surface area contributed by atoms with E-state index in [-0.39, 0.29) is 6.04 Å². The number of ether oxygens (including phenoxy) is 1. The normalized spacial score (nSPS) is 17.1. The summed E-state index contributed by atoms with van der Waals surface area (Å²) >= 11 is 0. The number of hydrogen-bond acceptors (Lipinski definition) is 6.